The number of thioether (sulfide) groups is 1. The van der Waals surface area contributed by atoms with Gasteiger partial charge >= 0.3 is 0 Å². The summed E-state index contributed by atoms with van der Waals surface area (Å²) in [5.74, 6) is 0. The van der Waals surface area contributed by atoms with Gasteiger partial charge in [0.15, 0.2) is 5.17 Å². The number of hydrogen-bond acceptors (Lipinski definition) is 3. The van der Waals surface area contributed by atoms with Crippen molar-refractivity contribution < 1.29 is 0 Å². The topological polar surface area (TPSA) is 24.4 Å². The lowest BCUT2D eigenvalue weighted by atomic mass is 10.0. The maximum absolute atomic E-state index is 6.00. The summed E-state index contributed by atoms with van der Waals surface area (Å²) in [4.78, 5) is 4.41. The Bertz CT molecular complexity index is 407. The van der Waals surface area contributed by atoms with Gasteiger partial charge in [0, 0.05) is 5.02 Å². The van der Waals surface area contributed by atoms with Crippen molar-refractivity contribution in [3.8, 4) is 0 Å². The first-order valence-electron chi connectivity index (χ1n) is 4.81. The van der Waals surface area contributed by atoms with Crippen molar-refractivity contribution in [3.63, 3.8) is 0 Å². The van der Waals surface area contributed by atoms with Crippen LogP contribution < -0.4 is 5.32 Å². The maximum atomic E-state index is 6.00. The van der Waals surface area contributed by atoms with E-state index in [2.05, 4.69) is 23.3 Å². The fourth-order valence-corrected chi connectivity index (χ4v) is 2.35. The van der Waals surface area contributed by atoms with Crippen molar-refractivity contribution in [2.75, 3.05) is 12.8 Å². The monoisotopic (exact) mass is 276 g/mol. The van der Waals surface area contributed by atoms with E-state index in [1.165, 1.54) is 11.1 Å². The molecule has 1 unspecified atom stereocenters. The summed E-state index contributed by atoms with van der Waals surface area (Å²) in [6, 6.07) is 6.28. The molecule has 0 spiro atoms. The van der Waals surface area contributed by atoms with Crippen molar-refractivity contribution >= 4 is 40.9 Å². The molecular weight excluding hydrogens is 263 g/mol. The second-order valence-electron chi connectivity index (χ2n) is 3.55. The van der Waals surface area contributed by atoms with Crippen LogP contribution in [0.4, 0.5) is 0 Å². The van der Waals surface area contributed by atoms with Crippen molar-refractivity contribution in [1.82, 2.24) is 5.32 Å². The maximum Gasteiger partial charge on any atom is 0.156 e. The van der Waals surface area contributed by atoms with Crippen molar-refractivity contribution in [2.24, 2.45) is 4.99 Å². The SMILES string of the molecule is CSC1=NCC(c2cc(Cl)ccc2C)N1.Cl. The van der Waals surface area contributed by atoms with Gasteiger partial charge in [-0.25, -0.2) is 0 Å². The van der Waals surface area contributed by atoms with E-state index in [0.717, 1.165) is 16.7 Å². The highest BCUT2D eigenvalue weighted by atomic mass is 35.5. The van der Waals surface area contributed by atoms with Gasteiger partial charge in [-0.1, -0.05) is 29.4 Å². The fourth-order valence-electron chi connectivity index (χ4n) is 1.70. The average molecular weight is 277 g/mol. The molecule has 0 aromatic heterocycles. The Hall–Kier alpha value is -0.380. The minimum atomic E-state index is 0. The number of rotatable bonds is 1. The Morgan fingerprint density at radius 1 is 1.50 bits per heavy atom. The largest absolute Gasteiger partial charge is 0.356 e. The van der Waals surface area contributed by atoms with Gasteiger partial charge in [-0.05, 0) is 36.4 Å². The molecule has 0 bridgehead atoms. The van der Waals surface area contributed by atoms with Crippen molar-refractivity contribution in [3.05, 3.63) is 34.3 Å². The van der Waals surface area contributed by atoms with Gasteiger partial charge in [-0.3, -0.25) is 4.99 Å². The fraction of sp³-hybridized carbons (Fsp3) is 0.364. The first kappa shape index (κ1) is 13.7. The van der Waals surface area contributed by atoms with Crippen LogP contribution in [0.2, 0.25) is 5.02 Å². The van der Waals surface area contributed by atoms with Crippen molar-refractivity contribution in [2.45, 2.75) is 13.0 Å². The number of hydrogen-bond donors (Lipinski definition) is 1. The molecule has 1 aromatic rings. The Kier molecular flexibility index (Phi) is 4.96. The molecule has 5 heteroatoms. The van der Waals surface area contributed by atoms with Crippen LogP contribution in [-0.4, -0.2) is 18.0 Å². The summed E-state index contributed by atoms with van der Waals surface area (Å²) < 4.78 is 0. The minimum Gasteiger partial charge on any atom is -0.356 e. The number of aryl methyl sites for hydroxylation is 1. The van der Waals surface area contributed by atoms with E-state index in [4.69, 9.17) is 11.6 Å². The predicted octanol–water partition coefficient (Wildman–Crippen LogP) is 3.43. The molecular formula is C11H14Cl2N2S. The van der Waals surface area contributed by atoms with E-state index in [1.54, 1.807) is 11.8 Å². The third-order valence-corrected chi connectivity index (χ3v) is 3.39. The van der Waals surface area contributed by atoms with Crippen LogP contribution >= 0.6 is 35.8 Å². The van der Waals surface area contributed by atoms with E-state index < -0.39 is 0 Å². The Labute approximate surface area is 111 Å². The van der Waals surface area contributed by atoms with Gasteiger partial charge in [0.05, 0.1) is 12.6 Å². The molecule has 2 nitrogen and oxygen atoms in total. The van der Waals surface area contributed by atoms with E-state index >= 15 is 0 Å². The molecule has 1 atom stereocenters. The zero-order valence-electron chi connectivity index (χ0n) is 9.16. The first-order valence-corrected chi connectivity index (χ1v) is 6.42. The molecule has 1 aliphatic rings. The van der Waals surface area contributed by atoms with Gasteiger partial charge in [-0.2, -0.15) is 0 Å². The number of aliphatic imine (C=N–C) groups is 1. The molecule has 0 saturated heterocycles. The second kappa shape index (κ2) is 5.80. The van der Waals surface area contributed by atoms with Gasteiger partial charge in [0.2, 0.25) is 0 Å². The zero-order valence-corrected chi connectivity index (χ0v) is 11.5. The Morgan fingerprint density at radius 3 is 2.88 bits per heavy atom. The lowest BCUT2D eigenvalue weighted by molar-refractivity contribution is 0.707. The summed E-state index contributed by atoms with van der Waals surface area (Å²) in [5.41, 5.74) is 2.50. The number of nitrogens with one attached hydrogen (secondary N) is 1. The molecule has 0 amide bonds. The third-order valence-electron chi connectivity index (χ3n) is 2.53. The van der Waals surface area contributed by atoms with Crippen LogP contribution in [0.25, 0.3) is 0 Å². The van der Waals surface area contributed by atoms with E-state index in [1.807, 2.05) is 18.4 Å². The standard InChI is InChI=1S/C11H13ClN2S.ClH/c1-7-3-4-8(12)5-9(7)10-6-13-11(14-10)15-2;/h3-5,10H,6H2,1-2H3,(H,13,14);1H. The quantitative estimate of drug-likeness (QED) is 0.850. The van der Waals surface area contributed by atoms with Crippen LogP contribution in [0.5, 0.6) is 0 Å². The lowest BCUT2D eigenvalue weighted by Crippen LogP contribution is -2.21. The number of amidine groups is 1. The highest BCUT2D eigenvalue weighted by molar-refractivity contribution is 8.13. The first-order chi connectivity index (χ1) is 7.20. The summed E-state index contributed by atoms with van der Waals surface area (Å²) in [7, 11) is 0. The van der Waals surface area contributed by atoms with Crippen LogP contribution in [0, 0.1) is 6.92 Å². The summed E-state index contributed by atoms with van der Waals surface area (Å²) in [6.45, 7) is 2.90. The molecule has 1 N–H and O–H groups in total. The van der Waals surface area contributed by atoms with Crippen LogP contribution in [-0.2, 0) is 0 Å². The Morgan fingerprint density at radius 2 is 2.25 bits per heavy atom. The predicted molar refractivity (Wildman–Crippen MR) is 75.1 cm³/mol. The average Bonchev–Trinajstić information content (AvgIpc) is 2.70. The van der Waals surface area contributed by atoms with Gasteiger partial charge in [0.1, 0.15) is 0 Å². The minimum absolute atomic E-state index is 0. The smallest absolute Gasteiger partial charge is 0.156 e. The van der Waals surface area contributed by atoms with Gasteiger partial charge in [0.25, 0.3) is 0 Å². The van der Waals surface area contributed by atoms with E-state index in [0.29, 0.717) is 0 Å². The van der Waals surface area contributed by atoms with Crippen LogP contribution in [0.1, 0.15) is 17.2 Å². The molecule has 1 heterocycles. The molecule has 88 valence electrons. The molecule has 1 aliphatic heterocycles. The van der Waals surface area contributed by atoms with Crippen LogP contribution in [0.15, 0.2) is 23.2 Å². The Balaban J connectivity index is 0.00000128. The van der Waals surface area contributed by atoms with Crippen molar-refractivity contribution in [1.29, 1.82) is 0 Å². The third kappa shape index (κ3) is 2.84. The summed E-state index contributed by atoms with van der Waals surface area (Å²) in [5, 5.41) is 5.18. The normalized spacial score (nSPS) is 18.7. The molecule has 0 aliphatic carbocycles. The van der Waals surface area contributed by atoms with Gasteiger partial charge in [-0.15, -0.1) is 12.4 Å². The van der Waals surface area contributed by atoms with Crippen LogP contribution in [0.3, 0.4) is 0 Å². The summed E-state index contributed by atoms with van der Waals surface area (Å²) in [6.07, 6.45) is 2.03. The van der Waals surface area contributed by atoms with E-state index in [-0.39, 0.29) is 18.4 Å². The summed E-state index contributed by atoms with van der Waals surface area (Å²) >= 11 is 7.64. The highest BCUT2D eigenvalue weighted by Crippen LogP contribution is 2.25. The van der Waals surface area contributed by atoms with Gasteiger partial charge < -0.3 is 5.32 Å². The number of nitrogens with zero attached hydrogens (tertiary/aromatic N) is 1. The lowest BCUT2D eigenvalue weighted by Gasteiger charge is -2.14. The highest BCUT2D eigenvalue weighted by Gasteiger charge is 2.20. The second-order valence-corrected chi connectivity index (χ2v) is 4.78. The molecule has 0 radical (unpaired) electrons. The molecule has 16 heavy (non-hydrogen) atoms. The zero-order chi connectivity index (χ0) is 10.8. The molecule has 2 rings (SSSR count). The molecule has 0 fully saturated rings. The molecule has 1 aromatic carbocycles. The number of halogens is 2. The molecule has 0 saturated carbocycles. The number of benzene rings is 1. The van der Waals surface area contributed by atoms with E-state index in [9.17, 15) is 0 Å².